The number of ether oxygens (including phenoxy) is 1. The van der Waals surface area contributed by atoms with Crippen LogP contribution in [-0.2, 0) is 24.6 Å². The quantitative estimate of drug-likeness (QED) is 0.554. The molecule has 0 spiro atoms. The standard InChI is InChI=1S/C17H25N3OS2/c1-4-12-6-7-14-13(10-12)11-15(23-14)16-18-19-17(20(16)3)22-9-8-21-5-2/h11-12H,4-10H2,1-3H3. The molecule has 0 saturated carbocycles. The predicted molar refractivity (Wildman–Crippen MR) is 97.3 cm³/mol. The molecule has 3 rings (SSSR count). The molecule has 23 heavy (non-hydrogen) atoms. The molecule has 6 heteroatoms. The van der Waals surface area contributed by atoms with E-state index >= 15 is 0 Å². The molecule has 2 aromatic heterocycles. The first-order valence-corrected chi connectivity index (χ1v) is 10.2. The maximum atomic E-state index is 5.39. The fourth-order valence-corrected chi connectivity index (χ4v) is 5.04. The molecule has 1 atom stereocenters. The lowest BCUT2D eigenvalue weighted by atomic mass is 9.87. The van der Waals surface area contributed by atoms with Crippen LogP contribution in [-0.4, -0.2) is 33.7 Å². The first-order chi connectivity index (χ1) is 11.2. The Kier molecular flexibility index (Phi) is 5.77. The third-order valence-corrected chi connectivity index (χ3v) is 6.70. The van der Waals surface area contributed by atoms with Crippen LogP contribution in [0.1, 0.15) is 37.1 Å². The summed E-state index contributed by atoms with van der Waals surface area (Å²) in [6.45, 7) is 5.85. The smallest absolute Gasteiger partial charge is 0.191 e. The van der Waals surface area contributed by atoms with E-state index in [2.05, 4.69) is 34.8 Å². The summed E-state index contributed by atoms with van der Waals surface area (Å²) < 4.78 is 7.50. The molecule has 2 heterocycles. The molecule has 0 aromatic carbocycles. The number of thiophene rings is 1. The number of rotatable bonds is 7. The van der Waals surface area contributed by atoms with Crippen molar-refractivity contribution in [2.75, 3.05) is 19.0 Å². The summed E-state index contributed by atoms with van der Waals surface area (Å²) in [5, 5.41) is 9.75. The minimum atomic E-state index is 0.759. The number of aromatic nitrogens is 3. The Labute approximate surface area is 146 Å². The van der Waals surface area contributed by atoms with Gasteiger partial charge in [0.15, 0.2) is 11.0 Å². The molecule has 4 nitrogen and oxygen atoms in total. The van der Waals surface area contributed by atoms with E-state index in [1.807, 2.05) is 18.3 Å². The molecule has 0 fully saturated rings. The maximum Gasteiger partial charge on any atom is 0.191 e. The van der Waals surface area contributed by atoms with E-state index in [-0.39, 0.29) is 0 Å². The highest BCUT2D eigenvalue weighted by Gasteiger charge is 2.22. The molecule has 0 saturated heterocycles. The summed E-state index contributed by atoms with van der Waals surface area (Å²) >= 11 is 3.61. The van der Waals surface area contributed by atoms with Crippen molar-refractivity contribution < 1.29 is 4.74 Å². The largest absolute Gasteiger partial charge is 0.381 e. The van der Waals surface area contributed by atoms with E-state index < -0.39 is 0 Å². The molecule has 1 unspecified atom stereocenters. The lowest BCUT2D eigenvalue weighted by Crippen LogP contribution is -2.10. The number of fused-ring (bicyclic) bond motifs is 1. The lowest BCUT2D eigenvalue weighted by molar-refractivity contribution is 0.164. The van der Waals surface area contributed by atoms with E-state index in [1.54, 1.807) is 16.6 Å². The molecule has 1 aliphatic carbocycles. The van der Waals surface area contributed by atoms with Crippen LogP contribution in [0.25, 0.3) is 10.7 Å². The Bertz CT molecular complexity index is 650. The van der Waals surface area contributed by atoms with Gasteiger partial charge in [0.05, 0.1) is 11.5 Å². The molecule has 2 aromatic rings. The number of nitrogens with zero attached hydrogens (tertiary/aromatic N) is 3. The van der Waals surface area contributed by atoms with Gasteiger partial charge in [-0.3, -0.25) is 0 Å². The zero-order valence-corrected chi connectivity index (χ0v) is 15.8. The van der Waals surface area contributed by atoms with Crippen LogP contribution in [0.5, 0.6) is 0 Å². The van der Waals surface area contributed by atoms with Gasteiger partial charge in [0.2, 0.25) is 0 Å². The number of hydrogen-bond acceptors (Lipinski definition) is 5. The molecule has 126 valence electrons. The Balaban J connectivity index is 1.73. The van der Waals surface area contributed by atoms with E-state index in [0.29, 0.717) is 0 Å². The van der Waals surface area contributed by atoms with Crippen LogP contribution in [0.15, 0.2) is 11.2 Å². The normalized spacial score (nSPS) is 17.4. The second-order valence-corrected chi connectivity index (χ2v) is 8.19. The van der Waals surface area contributed by atoms with Gasteiger partial charge in [-0.25, -0.2) is 0 Å². The SMILES string of the molecule is CCOCCSc1nnc(-c2cc3c(s2)CCC(CC)C3)n1C. The van der Waals surface area contributed by atoms with Crippen molar-refractivity contribution in [3.05, 3.63) is 16.5 Å². The Morgan fingerprint density at radius 3 is 3.04 bits per heavy atom. The minimum Gasteiger partial charge on any atom is -0.381 e. The van der Waals surface area contributed by atoms with Crippen LogP contribution in [0.2, 0.25) is 0 Å². The van der Waals surface area contributed by atoms with Crippen molar-refractivity contribution in [2.24, 2.45) is 13.0 Å². The molecule has 1 aliphatic rings. The summed E-state index contributed by atoms with van der Waals surface area (Å²) in [5.41, 5.74) is 1.54. The second kappa shape index (κ2) is 7.81. The highest BCUT2D eigenvalue weighted by molar-refractivity contribution is 7.99. The summed E-state index contributed by atoms with van der Waals surface area (Å²) in [7, 11) is 2.06. The van der Waals surface area contributed by atoms with Crippen LogP contribution >= 0.6 is 23.1 Å². The average Bonchev–Trinajstić information content (AvgIpc) is 3.14. The zero-order valence-electron chi connectivity index (χ0n) is 14.2. The Morgan fingerprint density at radius 1 is 1.39 bits per heavy atom. The van der Waals surface area contributed by atoms with E-state index in [0.717, 1.165) is 35.9 Å². The van der Waals surface area contributed by atoms with Gasteiger partial charge in [-0.1, -0.05) is 25.1 Å². The molecular formula is C17H25N3OS2. The second-order valence-electron chi connectivity index (χ2n) is 5.99. The third kappa shape index (κ3) is 3.80. The van der Waals surface area contributed by atoms with E-state index in [1.165, 1.54) is 36.1 Å². The molecule has 0 amide bonds. The molecule has 0 radical (unpaired) electrons. The first kappa shape index (κ1) is 17.0. The van der Waals surface area contributed by atoms with Crippen molar-refractivity contribution in [1.29, 1.82) is 0 Å². The van der Waals surface area contributed by atoms with Crippen LogP contribution in [0.4, 0.5) is 0 Å². The maximum absolute atomic E-state index is 5.39. The van der Waals surface area contributed by atoms with Gasteiger partial charge in [0.25, 0.3) is 0 Å². The van der Waals surface area contributed by atoms with Gasteiger partial charge in [-0.2, -0.15) is 0 Å². The Morgan fingerprint density at radius 2 is 2.26 bits per heavy atom. The molecule has 0 bridgehead atoms. The average molecular weight is 352 g/mol. The third-order valence-electron chi connectivity index (χ3n) is 4.48. The topological polar surface area (TPSA) is 39.9 Å². The van der Waals surface area contributed by atoms with Gasteiger partial charge >= 0.3 is 0 Å². The monoisotopic (exact) mass is 351 g/mol. The number of thioether (sulfide) groups is 1. The van der Waals surface area contributed by atoms with Gasteiger partial charge in [0.1, 0.15) is 0 Å². The lowest BCUT2D eigenvalue weighted by Gasteiger charge is -2.19. The molecular weight excluding hydrogens is 326 g/mol. The highest BCUT2D eigenvalue weighted by Crippen LogP contribution is 2.37. The van der Waals surface area contributed by atoms with E-state index in [4.69, 9.17) is 4.74 Å². The summed E-state index contributed by atoms with van der Waals surface area (Å²) in [4.78, 5) is 2.82. The first-order valence-electron chi connectivity index (χ1n) is 8.44. The van der Waals surface area contributed by atoms with Crippen molar-refractivity contribution >= 4 is 23.1 Å². The zero-order chi connectivity index (χ0) is 16.2. The summed E-state index contributed by atoms with van der Waals surface area (Å²) in [6, 6.07) is 2.35. The fourth-order valence-electron chi connectivity index (χ4n) is 3.05. The summed E-state index contributed by atoms with van der Waals surface area (Å²) in [5.74, 6) is 2.77. The Hall–Kier alpha value is -0.850. The van der Waals surface area contributed by atoms with E-state index in [9.17, 15) is 0 Å². The number of hydrogen-bond donors (Lipinski definition) is 0. The van der Waals surface area contributed by atoms with Crippen LogP contribution < -0.4 is 0 Å². The molecule has 0 aliphatic heterocycles. The minimum absolute atomic E-state index is 0.759. The fraction of sp³-hybridized carbons (Fsp3) is 0.647. The van der Waals surface area contributed by atoms with Gasteiger partial charge in [-0.05, 0) is 43.7 Å². The van der Waals surface area contributed by atoms with Crippen LogP contribution in [0, 0.1) is 5.92 Å². The van der Waals surface area contributed by atoms with Gasteiger partial charge in [-0.15, -0.1) is 21.5 Å². The van der Waals surface area contributed by atoms with Crippen molar-refractivity contribution in [2.45, 2.75) is 44.7 Å². The highest BCUT2D eigenvalue weighted by atomic mass is 32.2. The molecule has 0 N–H and O–H groups in total. The van der Waals surface area contributed by atoms with Crippen molar-refractivity contribution in [1.82, 2.24) is 14.8 Å². The summed E-state index contributed by atoms with van der Waals surface area (Å²) in [6.07, 6.45) is 5.08. The van der Waals surface area contributed by atoms with Gasteiger partial charge < -0.3 is 9.30 Å². The van der Waals surface area contributed by atoms with Crippen LogP contribution in [0.3, 0.4) is 0 Å². The number of aryl methyl sites for hydroxylation is 1. The predicted octanol–water partition coefficient (Wildman–Crippen LogP) is 4.19. The van der Waals surface area contributed by atoms with Crippen molar-refractivity contribution in [3.63, 3.8) is 0 Å². The van der Waals surface area contributed by atoms with Gasteiger partial charge in [0, 0.05) is 24.3 Å². The van der Waals surface area contributed by atoms with Crippen molar-refractivity contribution in [3.8, 4) is 10.7 Å².